The van der Waals surface area contributed by atoms with Crippen LogP contribution in [0.3, 0.4) is 0 Å². The fourth-order valence-corrected chi connectivity index (χ4v) is 0.845. The summed E-state index contributed by atoms with van der Waals surface area (Å²) in [7, 11) is 0. The minimum Gasteiger partial charge on any atom is -0.206 e. The molecule has 0 heterocycles. The van der Waals surface area contributed by atoms with Gasteiger partial charge < -0.3 is 0 Å². The van der Waals surface area contributed by atoms with Gasteiger partial charge in [0.15, 0.2) is 0 Å². The molecule has 0 aromatic heterocycles. The van der Waals surface area contributed by atoms with E-state index >= 15 is 0 Å². The number of halogens is 4. The minimum absolute atomic E-state index is 0.0365. The standard InChI is InChI=1S/C8H5F4/c1-4-2-5(9)7(8(11)12)6(10)3-4/h2-3,8H,1H2. The second-order valence-electron chi connectivity index (χ2n) is 2.27. The summed E-state index contributed by atoms with van der Waals surface area (Å²) in [6.45, 7) is 3.22. The molecule has 0 fully saturated rings. The van der Waals surface area contributed by atoms with Crippen LogP contribution in [0.25, 0.3) is 0 Å². The summed E-state index contributed by atoms with van der Waals surface area (Å²) in [5.41, 5.74) is -1.16. The Morgan fingerprint density at radius 1 is 1.08 bits per heavy atom. The normalized spacial score (nSPS) is 10.8. The van der Waals surface area contributed by atoms with Gasteiger partial charge in [-0.1, -0.05) is 0 Å². The highest BCUT2D eigenvalue weighted by molar-refractivity contribution is 5.28. The molecule has 4 heteroatoms. The molecule has 0 saturated heterocycles. The summed E-state index contributed by atoms with van der Waals surface area (Å²) in [5, 5.41) is 0. The van der Waals surface area contributed by atoms with E-state index in [0.29, 0.717) is 0 Å². The Labute approximate surface area is 66.8 Å². The summed E-state index contributed by atoms with van der Waals surface area (Å²) in [4.78, 5) is 0. The van der Waals surface area contributed by atoms with E-state index in [-0.39, 0.29) is 5.56 Å². The van der Waals surface area contributed by atoms with Crippen molar-refractivity contribution < 1.29 is 17.6 Å². The van der Waals surface area contributed by atoms with Crippen LogP contribution < -0.4 is 0 Å². The highest BCUT2D eigenvalue weighted by Gasteiger charge is 2.18. The first-order valence-electron chi connectivity index (χ1n) is 3.11. The van der Waals surface area contributed by atoms with Gasteiger partial charge in [-0.15, -0.1) is 0 Å². The summed E-state index contributed by atoms with van der Waals surface area (Å²) < 4.78 is 49.0. The Morgan fingerprint density at radius 3 is 1.83 bits per heavy atom. The van der Waals surface area contributed by atoms with Crippen LogP contribution in [0, 0.1) is 18.6 Å². The van der Waals surface area contributed by atoms with E-state index < -0.39 is 23.6 Å². The van der Waals surface area contributed by atoms with Crippen LogP contribution in [-0.4, -0.2) is 0 Å². The molecule has 0 saturated carbocycles. The smallest absolute Gasteiger partial charge is 0.206 e. The van der Waals surface area contributed by atoms with Gasteiger partial charge in [-0.25, -0.2) is 17.6 Å². The van der Waals surface area contributed by atoms with Gasteiger partial charge in [0.25, 0.3) is 6.43 Å². The van der Waals surface area contributed by atoms with Gasteiger partial charge in [0.1, 0.15) is 11.6 Å². The van der Waals surface area contributed by atoms with Crippen molar-refractivity contribution in [3.8, 4) is 0 Å². The third-order valence-electron chi connectivity index (χ3n) is 1.36. The monoisotopic (exact) mass is 177 g/mol. The van der Waals surface area contributed by atoms with Crippen LogP contribution in [0.5, 0.6) is 0 Å². The molecule has 1 aromatic carbocycles. The molecule has 0 aliphatic rings. The average Bonchev–Trinajstić information content (AvgIpc) is 1.82. The Kier molecular flexibility index (Phi) is 2.35. The van der Waals surface area contributed by atoms with Crippen LogP contribution in [-0.2, 0) is 0 Å². The highest BCUT2D eigenvalue weighted by atomic mass is 19.3. The predicted molar refractivity (Wildman–Crippen MR) is 35.8 cm³/mol. The first-order chi connectivity index (χ1) is 5.52. The molecule has 1 rings (SSSR count). The van der Waals surface area contributed by atoms with E-state index in [1.807, 2.05) is 0 Å². The van der Waals surface area contributed by atoms with E-state index in [4.69, 9.17) is 0 Å². The molecule has 0 atom stereocenters. The third kappa shape index (κ3) is 1.57. The van der Waals surface area contributed by atoms with Crippen LogP contribution in [0.2, 0.25) is 0 Å². The minimum atomic E-state index is -3.13. The van der Waals surface area contributed by atoms with Gasteiger partial charge >= 0.3 is 0 Å². The molecule has 12 heavy (non-hydrogen) atoms. The lowest BCUT2D eigenvalue weighted by atomic mass is 10.1. The van der Waals surface area contributed by atoms with Gasteiger partial charge in [0.05, 0.1) is 5.56 Å². The zero-order valence-corrected chi connectivity index (χ0v) is 5.95. The van der Waals surface area contributed by atoms with E-state index in [1.165, 1.54) is 0 Å². The molecular formula is C8H5F4. The SMILES string of the molecule is [CH2]c1cc(F)c(C(F)F)c(F)c1. The van der Waals surface area contributed by atoms with Crippen molar-refractivity contribution in [2.24, 2.45) is 0 Å². The van der Waals surface area contributed by atoms with Crippen molar-refractivity contribution in [1.29, 1.82) is 0 Å². The molecule has 0 amide bonds. The molecule has 0 nitrogen and oxygen atoms in total. The summed E-state index contributed by atoms with van der Waals surface area (Å²) in [6.07, 6.45) is -3.13. The quantitative estimate of drug-likeness (QED) is 0.578. The molecule has 0 bridgehead atoms. The van der Waals surface area contributed by atoms with E-state index in [0.717, 1.165) is 12.1 Å². The van der Waals surface area contributed by atoms with Crippen molar-refractivity contribution in [1.82, 2.24) is 0 Å². The Bertz CT molecular complexity index is 270. The summed E-state index contributed by atoms with van der Waals surface area (Å²) in [6, 6.07) is 1.54. The van der Waals surface area contributed by atoms with Gasteiger partial charge in [0.2, 0.25) is 0 Å². The van der Waals surface area contributed by atoms with Crippen LogP contribution >= 0.6 is 0 Å². The van der Waals surface area contributed by atoms with Gasteiger partial charge in [-0.2, -0.15) is 0 Å². The Morgan fingerprint density at radius 2 is 1.50 bits per heavy atom. The van der Waals surface area contributed by atoms with Crippen molar-refractivity contribution in [2.45, 2.75) is 6.43 Å². The van der Waals surface area contributed by atoms with Crippen LogP contribution in [0.4, 0.5) is 17.6 Å². The van der Waals surface area contributed by atoms with Crippen molar-refractivity contribution >= 4 is 0 Å². The lowest BCUT2D eigenvalue weighted by molar-refractivity contribution is 0.141. The van der Waals surface area contributed by atoms with Gasteiger partial charge in [-0.05, 0) is 24.6 Å². The first-order valence-corrected chi connectivity index (χ1v) is 3.11. The maximum atomic E-state index is 12.6. The van der Waals surface area contributed by atoms with Gasteiger partial charge in [0, 0.05) is 0 Å². The Hall–Kier alpha value is -1.06. The molecule has 0 spiro atoms. The van der Waals surface area contributed by atoms with Crippen molar-refractivity contribution in [3.63, 3.8) is 0 Å². The molecule has 1 aromatic rings. The molecular weight excluding hydrogens is 172 g/mol. The van der Waals surface area contributed by atoms with Crippen LogP contribution in [0.15, 0.2) is 12.1 Å². The fraction of sp³-hybridized carbons (Fsp3) is 0.125. The zero-order chi connectivity index (χ0) is 9.30. The number of hydrogen-bond donors (Lipinski definition) is 0. The molecule has 0 aliphatic carbocycles. The zero-order valence-electron chi connectivity index (χ0n) is 5.95. The topological polar surface area (TPSA) is 0 Å². The number of rotatable bonds is 1. The largest absolute Gasteiger partial charge is 0.269 e. The van der Waals surface area contributed by atoms with E-state index in [1.54, 1.807) is 0 Å². The van der Waals surface area contributed by atoms with Crippen molar-refractivity contribution in [2.75, 3.05) is 0 Å². The number of benzene rings is 1. The lowest BCUT2D eigenvalue weighted by Crippen LogP contribution is -1.96. The first kappa shape index (κ1) is 9.03. The van der Waals surface area contributed by atoms with Crippen LogP contribution in [0.1, 0.15) is 17.6 Å². The second kappa shape index (κ2) is 3.13. The molecule has 0 N–H and O–H groups in total. The van der Waals surface area contributed by atoms with Gasteiger partial charge in [-0.3, -0.25) is 0 Å². The Balaban J connectivity index is 3.28. The fourth-order valence-electron chi connectivity index (χ4n) is 0.845. The molecule has 0 aliphatic heterocycles. The summed E-state index contributed by atoms with van der Waals surface area (Å²) >= 11 is 0. The third-order valence-corrected chi connectivity index (χ3v) is 1.36. The maximum Gasteiger partial charge on any atom is 0.269 e. The van der Waals surface area contributed by atoms with Crippen molar-refractivity contribution in [3.05, 3.63) is 41.8 Å². The number of hydrogen-bond acceptors (Lipinski definition) is 0. The lowest BCUT2D eigenvalue weighted by Gasteiger charge is -2.03. The summed E-state index contributed by atoms with van der Waals surface area (Å²) in [5.74, 6) is -2.51. The predicted octanol–water partition coefficient (Wildman–Crippen LogP) is 3.08. The van der Waals surface area contributed by atoms with E-state index in [2.05, 4.69) is 6.92 Å². The highest BCUT2D eigenvalue weighted by Crippen LogP contribution is 2.25. The molecule has 65 valence electrons. The molecule has 1 radical (unpaired) electrons. The van der Waals surface area contributed by atoms with E-state index in [9.17, 15) is 17.6 Å². The second-order valence-corrected chi connectivity index (χ2v) is 2.27. The maximum absolute atomic E-state index is 12.6. The number of alkyl halides is 2. The molecule has 0 unspecified atom stereocenters. The average molecular weight is 177 g/mol.